The van der Waals surface area contributed by atoms with E-state index in [1.54, 1.807) is 22.8 Å². The Balaban J connectivity index is 1.35. The van der Waals surface area contributed by atoms with Crippen molar-refractivity contribution < 1.29 is 0 Å². The van der Waals surface area contributed by atoms with Gasteiger partial charge in [0, 0.05) is 37.0 Å². The van der Waals surface area contributed by atoms with Crippen LogP contribution in [0.25, 0.3) is 26.7 Å². The fourth-order valence-electron chi connectivity index (χ4n) is 5.17. The SMILES string of the molecule is Cc1nnc2n1-c1sc(C#CCn3c(=O)c4cc(Cl)ccc4c4ccc(Cl)cc43)cc1C(c1ccccc1Cl)=NC2. The molecule has 6 nitrogen and oxygen atoms in total. The van der Waals surface area contributed by atoms with Gasteiger partial charge in [-0.3, -0.25) is 18.9 Å². The molecule has 200 valence electrons. The minimum atomic E-state index is -0.175. The molecule has 10 heteroatoms. The molecule has 0 bridgehead atoms. The van der Waals surface area contributed by atoms with Crippen LogP contribution in [0.1, 0.15) is 27.7 Å². The van der Waals surface area contributed by atoms with Gasteiger partial charge in [-0.25, -0.2) is 0 Å². The Kier molecular flexibility index (Phi) is 6.44. The topological polar surface area (TPSA) is 65.1 Å². The number of hydrogen-bond acceptors (Lipinski definition) is 5. The van der Waals surface area contributed by atoms with Crippen LogP contribution in [0.5, 0.6) is 0 Å². The maximum atomic E-state index is 13.6. The summed E-state index contributed by atoms with van der Waals surface area (Å²) in [7, 11) is 0. The summed E-state index contributed by atoms with van der Waals surface area (Å²) < 4.78 is 3.66. The highest BCUT2D eigenvalue weighted by Gasteiger charge is 2.25. The lowest BCUT2D eigenvalue weighted by Crippen LogP contribution is -2.20. The Morgan fingerprint density at radius 2 is 1.68 bits per heavy atom. The van der Waals surface area contributed by atoms with E-state index >= 15 is 0 Å². The van der Waals surface area contributed by atoms with Crippen LogP contribution < -0.4 is 5.56 Å². The van der Waals surface area contributed by atoms with Gasteiger partial charge in [-0.2, -0.15) is 0 Å². The molecule has 0 amide bonds. The van der Waals surface area contributed by atoms with Crippen LogP contribution in [0, 0.1) is 18.8 Å². The fourth-order valence-corrected chi connectivity index (χ4v) is 6.84. The maximum Gasteiger partial charge on any atom is 0.259 e. The van der Waals surface area contributed by atoms with Crippen LogP contribution in [0.15, 0.2) is 76.5 Å². The number of aromatic nitrogens is 4. The highest BCUT2D eigenvalue weighted by molar-refractivity contribution is 7.15. The average molecular weight is 615 g/mol. The third kappa shape index (κ3) is 4.44. The van der Waals surface area contributed by atoms with Gasteiger partial charge < -0.3 is 0 Å². The first-order chi connectivity index (χ1) is 19.9. The van der Waals surface area contributed by atoms with E-state index in [1.165, 1.54) is 11.3 Å². The number of nitrogens with zero attached hydrogens (tertiary/aromatic N) is 5. The van der Waals surface area contributed by atoms with Gasteiger partial charge in [0.15, 0.2) is 5.82 Å². The number of hydrogen-bond donors (Lipinski definition) is 0. The molecule has 0 N–H and O–H groups in total. The molecule has 7 rings (SSSR count). The predicted molar refractivity (Wildman–Crippen MR) is 167 cm³/mol. The van der Waals surface area contributed by atoms with Gasteiger partial charge in [0.2, 0.25) is 0 Å². The van der Waals surface area contributed by atoms with Crippen molar-refractivity contribution in [3.8, 4) is 16.8 Å². The number of pyridine rings is 1. The molecule has 0 saturated heterocycles. The Morgan fingerprint density at radius 3 is 2.51 bits per heavy atom. The van der Waals surface area contributed by atoms with E-state index < -0.39 is 0 Å². The number of aliphatic imine (C=N–C) groups is 1. The molecule has 0 fully saturated rings. The molecule has 3 aromatic heterocycles. The van der Waals surface area contributed by atoms with Gasteiger partial charge in [0.05, 0.1) is 22.7 Å². The van der Waals surface area contributed by atoms with Crippen LogP contribution in [-0.4, -0.2) is 25.0 Å². The minimum absolute atomic E-state index is 0.170. The van der Waals surface area contributed by atoms with E-state index in [0.29, 0.717) is 32.5 Å². The smallest absolute Gasteiger partial charge is 0.259 e. The minimum Gasteiger partial charge on any atom is -0.296 e. The lowest BCUT2D eigenvalue weighted by molar-refractivity contribution is 0.845. The number of halogens is 3. The van der Waals surface area contributed by atoms with Crippen LogP contribution in [0.3, 0.4) is 0 Å². The summed E-state index contributed by atoms with van der Waals surface area (Å²) in [6.45, 7) is 2.47. The molecule has 1 aliphatic rings. The standard InChI is InChI=1S/C31H18Cl3N5OS/c1-17-36-37-28-16-35-29(23-6-2-3-7-26(23)34)25-15-20(41-31(25)39(17)28)5-4-12-38-27-14-19(33)9-11-22(27)21-10-8-18(32)13-24(21)30(38)40/h2-3,6-11,13-15H,12,16H2,1H3. The van der Waals surface area contributed by atoms with E-state index in [9.17, 15) is 4.79 Å². The largest absolute Gasteiger partial charge is 0.296 e. The predicted octanol–water partition coefficient (Wildman–Crippen LogP) is 7.47. The zero-order valence-electron chi connectivity index (χ0n) is 21.5. The Bertz CT molecular complexity index is 2200. The van der Waals surface area contributed by atoms with Crippen molar-refractivity contribution >= 4 is 73.5 Å². The van der Waals surface area contributed by atoms with Gasteiger partial charge in [-0.05, 0) is 48.7 Å². The van der Waals surface area contributed by atoms with Gasteiger partial charge in [0.1, 0.15) is 17.4 Å². The number of fused-ring (bicyclic) bond motifs is 6. The highest BCUT2D eigenvalue weighted by Crippen LogP contribution is 2.34. The number of rotatable bonds is 2. The Morgan fingerprint density at radius 1 is 0.902 bits per heavy atom. The summed E-state index contributed by atoms with van der Waals surface area (Å²) in [5.41, 5.74) is 3.07. The summed E-state index contributed by atoms with van der Waals surface area (Å²) in [4.78, 5) is 19.3. The summed E-state index contributed by atoms with van der Waals surface area (Å²) in [6, 6.07) is 20.5. The van der Waals surface area contributed by atoms with Crippen LogP contribution >= 0.6 is 46.1 Å². The molecule has 0 atom stereocenters. The summed E-state index contributed by atoms with van der Waals surface area (Å²) in [5.74, 6) is 8.00. The first-order valence-electron chi connectivity index (χ1n) is 12.6. The van der Waals surface area contributed by atoms with Crippen molar-refractivity contribution in [3.05, 3.63) is 120 Å². The third-order valence-corrected chi connectivity index (χ3v) is 8.85. The van der Waals surface area contributed by atoms with E-state index in [2.05, 4.69) is 22.0 Å². The molecule has 41 heavy (non-hydrogen) atoms. The molecule has 0 radical (unpaired) electrons. The molecule has 0 unspecified atom stereocenters. The molecule has 4 heterocycles. The van der Waals surface area contributed by atoms with Crippen LogP contribution in [0.2, 0.25) is 15.1 Å². The zero-order chi connectivity index (χ0) is 28.2. The van der Waals surface area contributed by atoms with E-state index in [4.69, 9.17) is 39.8 Å². The fraction of sp³-hybridized carbons (Fsp3) is 0.0968. The second kappa shape index (κ2) is 10.2. The first kappa shape index (κ1) is 26.0. The molecule has 0 saturated carbocycles. The lowest BCUT2D eigenvalue weighted by atomic mass is 10.0. The Hall–Kier alpha value is -3.93. The summed E-state index contributed by atoms with van der Waals surface area (Å²) in [6.07, 6.45) is 0. The van der Waals surface area contributed by atoms with Gasteiger partial charge in [-0.15, -0.1) is 21.5 Å². The summed E-state index contributed by atoms with van der Waals surface area (Å²) in [5, 5.41) is 13.5. The lowest BCUT2D eigenvalue weighted by Gasteiger charge is -2.11. The monoisotopic (exact) mass is 613 g/mol. The maximum absolute atomic E-state index is 13.6. The number of aryl methyl sites for hydroxylation is 1. The van der Waals surface area contributed by atoms with Gasteiger partial charge >= 0.3 is 0 Å². The van der Waals surface area contributed by atoms with Crippen molar-refractivity contribution in [2.75, 3.05) is 0 Å². The number of thiophene rings is 1. The van der Waals surface area contributed by atoms with Crippen LogP contribution in [0.4, 0.5) is 0 Å². The van der Waals surface area contributed by atoms with Gasteiger partial charge in [-0.1, -0.05) is 77.0 Å². The van der Waals surface area contributed by atoms with Crippen molar-refractivity contribution in [3.63, 3.8) is 0 Å². The molecule has 3 aromatic carbocycles. The third-order valence-electron chi connectivity index (χ3n) is 7.02. The summed E-state index contributed by atoms with van der Waals surface area (Å²) >= 11 is 20.7. The number of benzene rings is 3. The van der Waals surface area contributed by atoms with Crippen molar-refractivity contribution in [1.82, 2.24) is 19.3 Å². The molecular formula is C31H18Cl3N5OS. The molecule has 0 aliphatic carbocycles. The molecular weight excluding hydrogens is 597 g/mol. The zero-order valence-corrected chi connectivity index (χ0v) is 24.5. The van der Waals surface area contributed by atoms with Crippen molar-refractivity contribution in [2.45, 2.75) is 20.0 Å². The second-order valence-corrected chi connectivity index (χ2v) is 11.8. The van der Waals surface area contributed by atoms with Crippen LogP contribution in [-0.2, 0) is 13.1 Å². The van der Waals surface area contributed by atoms with E-state index in [0.717, 1.165) is 49.1 Å². The quantitative estimate of drug-likeness (QED) is 0.150. The molecule has 0 spiro atoms. The Labute approximate surface area is 253 Å². The van der Waals surface area contributed by atoms with Gasteiger partial charge in [0.25, 0.3) is 5.56 Å². The van der Waals surface area contributed by atoms with E-state index in [-0.39, 0.29) is 12.1 Å². The highest BCUT2D eigenvalue weighted by atomic mass is 35.5. The average Bonchev–Trinajstić information content (AvgIpc) is 3.50. The van der Waals surface area contributed by atoms with E-state index in [1.807, 2.05) is 60.0 Å². The molecule has 1 aliphatic heterocycles. The molecule has 6 aromatic rings. The normalized spacial score (nSPS) is 12.4. The van der Waals surface area contributed by atoms with Crippen molar-refractivity contribution in [1.29, 1.82) is 0 Å². The second-order valence-electron chi connectivity index (χ2n) is 9.52. The van der Waals surface area contributed by atoms with Crippen molar-refractivity contribution in [2.24, 2.45) is 4.99 Å². The first-order valence-corrected chi connectivity index (χ1v) is 14.6.